The fourth-order valence-corrected chi connectivity index (χ4v) is 5.21. The van der Waals surface area contributed by atoms with Crippen LogP contribution in [0.1, 0.15) is 35.3 Å². The molecule has 15 heavy (non-hydrogen) atoms. The van der Waals surface area contributed by atoms with Crippen LogP contribution >= 0.6 is 23.1 Å². The highest BCUT2D eigenvalue weighted by molar-refractivity contribution is 8.00. The zero-order valence-electron chi connectivity index (χ0n) is 8.95. The Balaban J connectivity index is 1.98. The third-order valence-corrected chi connectivity index (χ3v) is 6.31. The van der Waals surface area contributed by atoms with Gasteiger partial charge in [0.1, 0.15) is 5.01 Å². The average Bonchev–Trinajstić information content (AvgIpc) is 2.81. The quantitative estimate of drug-likeness (QED) is 0.818. The molecule has 1 aliphatic carbocycles. The SMILES string of the molecule is CC1SCCC1(N)c1nc2c(s1)CCC2. The molecule has 0 saturated carbocycles. The number of rotatable bonds is 1. The molecule has 0 radical (unpaired) electrons. The van der Waals surface area contributed by atoms with Crippen LogP contribution in [0, 0.1) is 0 Å². The lowest BCUT2D eigenvalue weighted by molar-refractivity contribution is 0.445. The molecule has 1 aliphatic heterocycles. The summed E-state index contributed by atoms with van der Waals surface area (Å²) in [5.41, 5.74) is 7.71. The lowest BCUT2D eigenvalue weighted by Crippen LogP contribution is -2.41. The van der Waals surface area contributed by atoms with Gasteiger partial charge in [-0.1, -0.05) is 6.92 Å². The normalized spacial score (nSPS) is 34.7. The van der Waals surface area contributed by atoms with E-state index in [2.05, 4.69) is 6.92 Å². The number of thiazole rings is 1. The van der Waals surface area contributed by atoms with E-state index in [9.17, 15) is 0 Å². The molecular weight excluding hydrogens is 224 g/mol. The van der Waals surface area contributed by atoms with Crippen molar-refractivity contribution in [1.29, 1.82) is 0 Å². The Morgan fingerprint density at radius 2 is 2.33 bits per heavy atom. The summed E-state index contributed by atoms with van der Waals surface area (Å²) in [4.78, 5) is 6.27. The Morgan fingerprint density at radius 1 is 1.47 bits per heavy atom. The van der Waals surface area contributed by atoms with Crippen molar-refractivity contribution in [2.45, 2.75) is 43.4 Å². The van der Waals surface area contributed by atoms with Gasteiger partial charge in [-0.3, -0.25) is 0 Å². The van der Waals surface area contributed by atoms with Crippen LogP contribution in [0.15, 0.2) is 0 Å². The van der Waals surface area contributed by atoms with Gasteiger partial charge in [0.05, 0.1) is 11.2 Å². The van der Waals surface area contributed by atoms with Crippen LogP contribution < -0.4 is 5.73 Å². The summed E-state index contributed by atoms with van der Waals surface area (Å²) in [5.74, 6) is 1.18. The van der Waals surface area contributed by atoms with Crippen molar-refractivity contribution in [3.8, 4) is 0 Å². The van der Waals surface area contributed by atoms with E-state index < -0.39 is 0 Å². The van der Waals surface area contributed by atoms with Crippen molar-refractivity contribution in [2.75, 3.05) is 5.75 Å². The Labute approximate surface area is 98.7 Å². The standard InChI is InChI=1S/C11H16N2S2/c1-7-11(12,5-6-14-7)10-13-8-3-2-4-9(8)15-10/h7H,2-6,12H2,1H3. The van der Waals surface area contributed by atoms with Crippen LogP contribution in [-0.2, 0) is 18.4 Å². The van der Waals surface area contributed by atoms with Crippen molar-refractivity contribution >= 4 is 23.1 Å². The summed E-state index contributed by atoms with van der Waals surface area (Å²) in [6.07, 6.45) is 4.77. The van der Waals surface area contributed by atoms with E-state index in [0.717, 1.165) is 6.42 Å². The monoisotopic (exact) mass is 240 g/mol. The molecule has 2 N–H and O–H groups in total. The third kappa shape index (κ3) is 1.46. The molecule has 1 saturated heterocycles. The van der Waals surface area contributed by atoms with Crippen LogP contribution in [0.5, 0.6) is 0 Å². The van der Waals surface area contributed by atoms with Crippen LogP contribution in [0.3, 0.4) is 0 Å². The summed E-state index contributed by atoms with van der Waals surface area (Å²) in [7, 11) is 0. The summed E-state index contributed by atoms with van der Waals surface area (Å²) in [6.45, 7) is 2.24. The second-order valence-corrected chi connectivity index (χ2v) is 7.08. The summed E-state index contributed by atoms with van der Waals surface area (Å²) < 4.78 is 0. The number of hydrogen-bond donors (Lipinski definition) is 1. The molecule has 0 amide bonds. The van der Waals surface area contributed by atoms with Gasteiger partial charge < -0.3 is 5.73 Å². The number of aromatic nitrogens is 1. The second-order valence-electron chi connectivity index (χ2n) is 4.55. The number of nitrogens with zero attached hydrogens (tertiary/aromatic N) is 1. The first-order chi connectivity index (χ1) is 7.20. The molecule has 2 nitrogen and oxygen atoms in total. The first kappa shape index (κ1) is 10.1. The molecule has 2 atom stereocenters. The van der Waals surface area contributed by atoms with Gasteiger partial charge in [0.2, 0.25) is 0 Å². The van der Waals surface area contributed by atoms with E-state index in [1.165, 1.54) is 40.6 Å². The van der Waals surface area contributed by atoms with Gasteiger partial charge in [0, 0.05) is 10.1 Å². The molecule has 2 aliphatic rings. The Morgan fingerprint density at radius 3 is 3.00 bits per heavy atom. The molecule has 4 heteroatoms. The number of fused-ring (bicyclic) bond motifs is 1. The van der Waals surface area contributed by atoms with Gasteiger partial charge >= 0.3 is 0 Å². The fourth-order valence-electron chi connectivity index (χ4n) is 2.43. The van der Waals surface area contributed by atoms with Crippen LogP contribution in [0.25, 0.3) is 0 Å². The Bertz CT molecular complexity index is 366. The second kappa shape index (κ2) is 3.47. The molecule has 82 valence electrons. The first-order valence-electron chi connectivity index (χ1n) is 5.60. The minimum absolute atomic E-state index is 0.139. The van der Waals surface area contributed by atoms with Crippen molar-refractivity contribution < 1.29 is 0 Å². The topological polar surface area (TPSA) is 38.9 Å². The molecule has 3 rings (SSSR count). The van der Waals surface area contributed by atoms with E-state index in [1.54, 1.807) is 0 Å². The van der Waals surface area contributed by atoms with Gasteiger partial charge in [-0.25, -0.2) is 4.98 Å². The van der Waals surface area contributed by atoms with Crippen molar-refractivity contribution in [2.24, 2.45) is 5.73 Å². The lowest BCUT2D eigenvalue weighted by Gasteiger charge is -2.25. The summed E-state index contributed by atoms with van der Waals surface area (Å²) >= 11 is 3.85. The maximum atomic E-state index is 6.51. The van der Waals surface area contributed by atoms with Gasteiger partial charge in [-0.2, -0.15) is 11.8 Å². The zero-order chi connectivity index (χ0) is 10.5. The fraction of sp³-hybridized carbons (Fsp3) is 0.727. The molecule has 2 heterocycles. The van der Waals surface area contributed by atoms with E-state index in [-0.39, 0.29) is 5.54 Å². The van der Waals surface area contributed by atoms with Crippen molar-refractivity contribution in [3.05, 3.63) is 15.6 Å². The molecule has 1 aromatic heterocycles. The Hall–Kier alpha value is -0.0600. The highest BCUT2D eigenvalue weighted by atomic mass is 32.2. The Kier molecular flexibility index (Phi) is 2.34. The van der Waals surface area contributed by atoms with Crippen LogP contribution in [0.2, 0.25) is 0 Å². The van der Waals surface area contributed by atoms with Gasteiger partial charge in [-0.05, 0) is 31.4 Å². The first-order valence-corrected chi connectivity index (χ1v) is 7.46. The van der Waals surface area contributed by atoms with Gasteiger partial charge in [0.25, 0.3) is 0 Å². The predicted molar refractivity (Wildman–Crippen MR) is 66.5 cm³/mol. The van der Waals surface area contributed by atoms with Crippen molar-refractivity contribution in [3.63, 3.8) is 0 Å². The number of aryl methyl sites for hydroxylation is 2. The molecule has 0 spiro atoms. The van der Waals surface area contributed by atoms with Gasteiger partial charge in [-0.15, -0.1) is 11.3 Å². The molecular formula is C11H16N2S2. The largest absolute Gasteiger partial charge is 0.318 e. The van der Waals surface area contributed by atoms with Crippen LogP contribution in [0.4, 0.5) is 0 Å². The van der Waals surface area contributed by atoms with E-state index in [4.69, 9.17) is 10.7 Å². The molecule has 2 unspecified atom stereocenters. The maximum absolute atomic E-state index is 6.51. The minimum Gasteiger partial charge on any atom is -0.318 e. The van der Waals surface area contributed by atoms with E-state index in [1.807, 2.05) is 23.1 Å². The van der Waals surface area contributed by atoms with Gasteiger partial charge in [0.15, 0.2) is 0 Å². The lowest BCUT2D eigenvalue weighted by atomic mass is 9.95. The van der Waals surface area contributed by atoms with E-state index in [0.29, 0.717) is 5.25 Å². The summed E-state index contributed by atoms with van der Waals surface area (Å²) in [5, 5.41) is 1.72. The van der Waals surface area contributed by atoms with Crippen molar-refractivity contribution in [1.82, 2.24) is 4.98 Å². The third-order valence-electron chi connectivity index (χ3n) is 3.60. The number of nitrogens with two attached hydrogens (primary N) is 1. The molecule has 0 aromatic carbocycles. The molecule has 0 bridgehead atoms. The highest BCUT2D eigenvalue weighted by Gasteiger charge is 2.42. The predicted octanol–water partition coefficient (Wildman–Crippen LogP) is 2.31. The zero-order valence-corrected chi connectivity index (χ0v) is 10.6. The number of hydrogen-bond acceptors (Lipinski definition) is 4. The minimum atomic E-state index is -0.139. The summed E-state index contributed by atoms with van der Waals surface area (Å²) in [6, 6.07) is 0. The number of thioether (sulfide) groups is 1. The maximum Gasteiger partial charge on any atom is 0.114 e. The highest BCUT2D eigenvalue weighted by Crippen LogP contribution is 2.44. The molecule has 1 aromatic rings. The average molecular weight is 240 g/mol. The van der Waals surface area contributed by atoms with E-state index >= 15 is 0 Å². The smallest absolute Gasteiger partial charge is 0.114 e. The van der Waals surface area contributed by atoms with Crippen LogP contribution in [-0.4, -0.2) is 16.0 Å². The molecule has 1 fully saturated rings.